The Bertz CT molecular complexity index is 949. The van der Waals surface area contributed by atoms with Crippen molar-refractivity contribution in [2.24, 2.45) is 23.7 Å². The van der Waals surface area contributed by atoms with Crippen molar-refractivity contribution in [2.75, 3.05) is 13.2 Å². The Morgan fingerprint density at radius 2 is 1.63 bits per heavy atom. The van der Waals surface area contributed by atoms with E-state index in [0.29, 0.717) is 0 Å². The Labute approximate surface area is 223 Å². The number of rotatable bonds is 11. The highest BCUT2D eigenvalue weighted by atomic mass is 16.7. The molecule has 38 heavy (non-hydrogen) atoms. The SMILES string of the molecule is CC(=O)OC1OC=C(COC(=O)C(OC(=O)CC(C)C)C(C)C)C2(O)CC(OC(=O)CC(C)C)C3(CO3)C12. The molecule has 2 fully saturated rings. The van der Waals surface area contributed by atoms with E-state index in [2.05, 4.69) is 0 Å². The number of carbonyl (C=O) groups is 4. The van der Waals surface area contributed by atoms with Crippen molar-refractivity contribution in [3.05, 3.63) is 11.8 Å². The summed E-state index contributed by atoms with van der Waals surface area (Å²) in [5.41, 5.74) is -2.65. The molecule has 1 aliphatic carbocycles. The number of aliphatic hydroxyl groups is 1. The van der Waals surface area contributed by atoms with E-state index >= 15 is 0 Å². The third-order valence-corrected chi connectivity index (χ3v) is 6.90. The van der Waals surface area contributed by atoms with Gasteiger partial charge in [0.1, 0.15) is 29.8 Å². The van der Waals surface area contributed by atoms with Crippen LogP contribution in [0.2, 0.25) is 0 Å². The summed E-state index contributed by atoms with van der Waals surface area (Å²) in [6.07, 6.45) is -1.68. The second-order valence-electron chi connectivity index (χ2n) is 11.5. The molecular formula is C27H40O11. The minimum absolute atomic E-state index is 0.0640. The number of epoxide rings is 1. The molecule has 2 aliphatic heterocycles. The monoisotopic (exact) mass is 540 g/mol. The molecule has 2 heterocycles. The second kappa shape index (κ2) is 11.6. The van der Waals surface area contributed by atoms with Gasteiger partial charge in [0.15, 0.2) is 0 Å². The van der Waals surface area contributed by atoms with Crippen LogP contribution in [0.1, 0.15) is 67.7 Å². The molecule has 6 atom stereocenters. The molecule has 1 saturated carbocycles. The molecule has 0 amide bonds. The molecule has 11 heteroatoms. The van der Waals surface area contributed by atoms with Crippen molar-refractivity contribution in [3.63, 3.8) is 0 Å². The average molecular weight is 541 g/mol. The van der Waals surface area contributed by atoms with Crippen molar-refractivity contribution in [2.45, 2.75) is 97.4 Å². The standard InChI is InChI=1S/C27H40O11/c1-14(2)8-20(29)37-19-10-26(32)18(12-34-25(36-17(7)28)23(26)27(19)13-35-27)11-33-24(31)22(16(5)6)38-21(30)9-15(3)4/h12,14-16,19,22-23,25,32H,8-11,13H2,1-7H3. The summed E-state index contributed by atoms with van der Waals surface area (Å²) in [4.78, 5) is 49.3. The Morgan fingerprint density at radius 1 is 1.03 bits per heavy atom. The summed E-state index contributed by atoms with van der Waals surface area (Å²) >= 11 is 0. The summed E-state index contributed by atoms with van der Waals surface area (Å²) in [6, 6.07) is 0. The Hall–Kier alpha value is -2.66. The van der Waals surface area contributed by atoms with Gasteiger partial charge in [-0.3, -0.25) is 14.4 Å². The van der Waals surface area contributed by atoms with E-state index in [0.717, 1.165) is 0 Å². The topological polar surface area (TPSA) is 147 Å². The molecule has 11 nitrogen and oxygen atoms in total. The summed E-state index contributed by atoms with van der Waals surface area (Å²) in [5.74, 6) is -3.48. The van der Waals surface area contributed by atoms with Gasteiger partial charge in [-0.1, -0.05) is 41.5 Å². The Balaban J connectivity index is 1.79. The van der Waals surface area contributed by atoms with Crippen LogP contribution in [-0.4, -0.2) is 71.9 Å². The molecule has 0 radical (unpaired) electrons. The van der Waals surface area contributed by atoms with Gasteiger partial charge in [0.2, 0.25) is 6.10 Å². The smallest absolute Gasteiger partial charge is 0.348 e. The lowest BCUT2D eigenvalue weighted by molar-refractivity contribution is -0.206. The van der Waals surface area contributed by atoms with Crippen LogP contribution in [-0.2, 0) is 47.6 Å². The first-order valence-corrected chi connectivity index (χ1v) is 13.1. The highest BCUT2D eigenvalue weighted by molar-refractivity contribution is 5.80. The molecule has 1 saturated heterocycles. The fourth-order valence-electron chi connectivity index (χ4n) is 5.06. The zero-order valence-electron chi connectivity index (χ0n) is 23.2. The summed E-state index contributed by atoms with van der Waals surface area (Å²) < 4.78 is 33.3. The molecule has 1 spiro atoms. The van der Waals surface area contributed by atoms with Gasteiger partial charge in [-0.15, -0.1) is 0 Å². The predicted molar refractivity (Wildman–Crippen MR) is 131 cm³/mol. The predicted octanol–water partition coefficient (Wildman–Crippen LogP) is 2.42. The van der Waals surface area contributed by atoms with Crippen molar-refractivity contribution in [1.29, 1.82) is 0 Å². The van der Waals surface area contributed by atoms with E-state index in [1.165, 1.54) is 13.2 Å². The lowest BCUT2D eigenvalue weighted by Crippen LogP contribution is -2.53. The number of hydrogen-bond donors (Lipinski definition) is 1. The zero-order chi connectivity index (χ0) is 28.4. The van der Waals surface area contributed by atoms with Crippen molar-refractivity contribution >= 4 is 23.9 Å². The highest BCUT2D eigenvalue weighted by Crippen LogP contribution is 2.59. The van der Waals surface area contributed by atoms with Crippen LogP contribution in [0.15, 0.2) is 11.8 Å². The average Bonchev–Trinajstić information content (AvgIpc) is 3.51. The lowest BCUT2D eigenvalue weighted by atomic mass is 9.79. The van der Waals surface area contributed by atoms with Crippen LogP contribution in [0.3, 0.4) is 0 Å². The number of hydrogen-bond acceptors (Lipinski definition) is 11. The maximum absolute atomic E-state index is 12.9. The van der Waals surface area contributed by atoms with Gasteiger partial charge in [0, 0.05) is 37.7 Å². The molecule has 214 valence electrons. The van der Waals surface area contributed by atoms with Gasteiger partial charge in [-0.05, 0) is 11.8 Å². The van der Waals surface area contributed by atoms with Gasteiger partial charge < -0.3 is 33.5 Å². The molecule has 0 aromatic carbocycles. The Morgan fingerprint density at radius 3 is 2.16 bits per heavy atom. The quantitative estimate of drug-likeness (QED) is 0.234. The number of fused-ring (bicyclic) bond motifs is 2. The van der Waals surface area contributed by atoms with Gasteiger partial charge in [0.25, 0.3) is 6.29 Å². The molecule has 0 aromatic heterocycles. The largest absolute Gasteiger partial charge is 0.462 e. The lowest BCUT2D eigenvalue weighted by Gasteiger charge is -2.40. The van der Waals surface area contributed by atoms with E-state index in [4.69, 9.17) is 28.4 Å². The highest BCUT2D eigenvalue weighted by Gasteiger charge is 2.76. The molecule has 1 N–H and O–H groups in total. The molecule has 0 aromatic rings. The summed E-state index contributed by atoms with van der Waals surface area (Å²) in [5, 5.41) is 11.9. The number of esters is 4. The van der Waals surface area contributed by atoms with Gasteiger partial charge in [-0.25, -0.2) is 4.79 Å². The summed E-state index contributed by atoms with van der Waals surface area (Å²) in [7, 11) is 0. The molecule has 6 unspecified atom stereocenters. The van der Waals surface area contributed by atoms with E-state index in [1.807, 2.05) is 27.7 Å². The zero-order valence-corrected chi connectivity index (χ0v) is 23.2. The normalized spacial score (nSPS) is 30.4. The van der Waals surface area contributed by atoms with Crippen LogP contribution in [0.4, 0.5) is 0 Å². The van der Waals surface area contributed by atoms with Crippen molar-refractivity contribution in [3.8, 4) is 0 Å². The minimum atomic E-state index is -1.72. The maximum atomic E-state index is 12.9. The van der Waals surface area contributed by atoms with E-state index in [9.17, 15) is 24.3 Å². The van der Waals surface area contributed by atoms with Crippen LogP contribution in [0, 0.1) is 23.7 Å². The number of ether oxygens (including phenoxy) is 6. The van der Waals surface area contributed by atoms with E-state index in [-0.39, 0.29) is 55.8 Å². The molecule has 3 rings (SSSR count). The van der Waals surface area contributed by atoms with Crippen LogP contribution in [0.25, 0.3) is 0 Å². The van der Waals surface area contributed by atoms with Crippen LogP contribution >= 0.6 is 0 Å². The van der Waals surface area contributed by atoms with E-state index < -0.39 is 59.5 Å². The van der Waals surface area contributed by atoms with Crippen molar-refractivity contribution in [1.82, 2.24) is 0 Å². The van der Waals surface area contributed by atoms with Crippen LogP contribution in [0.5, 0.6) is 0 Å². The maximum Gasteiger partial charge on any atom is 0.348 e. The van der Waals surface area contributed by atoms with Gasteiger partial charge in [0.05, 0.1) is 12.9 Å². The summed E-state index contributed by atoms with van der Waals surface area (Å²) in [6.45, 7) is 12.0. The first kappa shape index (κ1) is 29.9. The van der Waals surface area contributed by atoms with Crippen molar-refractivity contribution < 1.29 is 52.7 Å². The fourth-order valence-corrected chi connectivity index (χ4v) is 5.06. The Kier molecular flexibility index (Phi) is 9.13. The third-order valence-electron chi connectivity index (χ3n) is 6.90. The second-order valence-corrected chi connectivity index (χ2v) is 11.5. The minimum Gasteiger partial charge on any atom is -0.462 e. The van der Waals surface area contributed by atoms with E-state index in [1.54, 1.807) is 13.8 Å². The van der Waals surface area contributed by atoms with Crippen LogP contribution < -0.4 is 0 Å². The van der Waals surface area contributed by atoms with Gasteiger partial charge >= 0.3 is 23.9 Å². The first-order valence-electron chi connectivity index (χ1n) is 13.1. The molecular weight excluding hydrogens is 500 g/mol. The first-order chi connectivity index (χ1) is 17.7. The van der Waals surface area contributed by atoms with Gasteiger partial charge in [-0.2, -0.15) is 0 Å². The number of carbonyl (C=O) groups excluding carboxylic acids is 4. The molecule has 0 bridgehead atoms. The third kappa shape index (κ3) is 6.48. The fraction of sp³-hybridized carbons (Fsp3) is 0.778. The molecule has 3 aliphatic rings.